The average Bonchev–Trinajstić information content (AvgIpc) is 2.69. The number of nitrogens with one attached hydrogen (secondary N) is 2. The van der Waals surface area contributed by atoms with Gasteiger partial charge >= 0.3 is 0 Å². The van der Waals surface area contributed by atoms with E-state index in [-0.39, 0.29) is 18.6 Å². The predicted octanol–water partition coefficient (Wildman–Crippen LogP) is 2.17. The number of carbonyl (C=O) groups is 1. The van der Waals surface area contributed by atoms with Crippen LogP contribution in [0.5, 0.6) is 0 Å². The van der Waals surface area contributed by atoms with E-state index in [0.29, 0.717) is 28.7 Å². The van der Waals surface area contributed by atoms with E-state index in [1.165, 1.54) is 0 Å². The Morgan fingerprint density at radius 2 is 1.85 bits per heavy atom. The van der Waals surface area contributed by atoms with Crippen LogP contribution in [-0.4, -0.2) is 38.6 Å². The number of nitrogens with zero attached hydrogens (tertiary/aromatic N) is 3. The number of rotatable bonds is 6. The second-order valence-corrected chi connectivity index (χ2v) is 6.00. The summed E-state index contributed by atoms with van der Waals surface area (Å²) in [6.45, 7) is 1.73. The number of anilines is 3. The van der Waals surface area contributed by atoms with Crippen LogP contribution in [0.2, 0.25) is 0 Å². The van der Waals surface area contributed by atoms with Crippen molar-refractivity contribution >= 4 is 23.4 Å². The third-order valence-electron chi connectivity index (χ3n) is 3.77. The molecule has 3 rings (SSSR count). The van der Waals surface area contributed by atoms with Crippen LogP contribution >= 0.6 is 0 Å². The Labute approximate surface area is 156 Å². The first-order chi connectivity index (χ1) is 13.0. The standard InChI is InChI=1S/C19H20N6O2/c1-12(11-26)22-19-23-16(13-6-8-21-9-7-13)10-17(25-19)24-18(27)14-2-4-15(20)5-3-14/h2-10,12,26H,11,20H2,1H3,(H2,22,23,24,25,27)/t12-/m0/s1. The van der Waals surface area contributed by atoms with Gasteiger partial charge < -0.3 is 21.5 Å². The maximum Gasteiger partial charge on any atom is 0.256 e. The molecule has 0 aliphatic rings. The summed E-state index contributed by atoms with van der Waals surface area (Å²) in [5.41, 5.74) is 8.15. The number of amides is 1. The van der Waals surface area contributed by atoms with Gasteiger partial charge in [-0.1, -0.05) is 0 Å². The third kappa shape index (κ3) is 4.77. The molecule has 0 saturated carbocycles. The van der Waals surface area contributed by atoms with Crippen LogP contribution in [0.25, 0.3) is 11.3 Å². The summed E-state index contributed by atoms with van der Waals surface area (Å²) in [5, 5.41) is 15.0. The lowest BCUT2D eigenvalue weighted by Gasteiger charge is -2.14. The molecule has 1 aromatic carbocycles. The first-order valence-corrected chi connectivity index (χ1v) is 8.39. The number of aromatic nitrogens is 3. The molecule has 5 N–H and O–H groups in total. The molecule has 0 fully saturated rings. The molecule has 0 spiro atoms. The highest BCUT2D eigenvalue weighted by molar-refractivity contribution is 6.04. The van der Waals surface area contributed by atoms with Crippen molar-refractivity contribution < 1.29 is 9.90 Å². The zero-order valence-electron chi connectivity index (χ0n) is 14.8. The molecule has 3 aromatic rings. The van der Waals surface area contributed by atoms with Crippen molar-refractivity contribution in [1.82, 2.24) is 15.0 Å². The van der Waals surface area contributed by atoms with E-state index >= 15 is 0 Å². The van der Waals surface area contributed by atoms with E-state index in [9.17, 15) is 9.90 Å². The highest BCUT2D eigenvalue weighted by atomic mass is 16.3. The molecule has 0 aliphatic carbocycles. The lowest BCUT2D eigenvalue weighted by molar-refractivity contribution is 0.102. The zero-order chi connectivity index (χ0) is 19.2. The third-order valence-corrected chi connectivity index (χ3v) is 3.77. The lowest BCUT2D eigenvalue weighted by Crippen LogP contribution is -2.22. The van der Waals surface area contributed by atoms with Gasteiger partial charge in [-0.05, 0) is 43.3 Å². The van der Waals surface area contributed by atoms with E-state index in [2.05, 4.69) is 25.6 Å². The smallest absolute Gasteiger partial charge is 0.256 e. The summed E-state index contributed by atoms with van der Waals surface area (Å²) in [4.78, 5) is 25.3. The van der Waals surface area contributed by atoms with E-state index in [0.717, 1.165) is 5.56 Å². The number of aliphatic hydroxyl groups excluding tert-OH is 1. The van der Waals surface area contributed by atoms with Gasteiger partial charge in [0, 0.05) is 41.3 Å². The lowest BCUT2D eigenvalue weighted by atomic mass is 10.2. The molecular formula is C19H20N6O2. The van der Waals surface area contributed by atoms with E-state index in [4.69, 9.17) is 5.73 Å². The maximum atomic E-state index is 12.5. The van der Waals surface area contributed by atoms with Gasteiger partial charge in [-0.2, -0.15) is 4.98 Å². The molecule has 8 heteroatoms. The largest absolute Gasteiger partial charge is 0.399 e. The molecule has 1 atom stereocenters. The molecule has 138 valence electrons. The molecule has 2 heterocycles. The van der Waals surface area contributed by atoms with Crippen molar-refractivity contribution in [1.29, 1.82) is 0 Å². The van der Waals surface area contributed by atoms with Crippen LogP contribution < -0.4 is 16.4 Å². The summed E-state index contributed by atoms with van der Waals surface area (Å²) in [6, 6.07) is 11.7. The Morgan fingerprint density at radius 3 is 2.52 bits per heavy atom. The first-order valence-electron chi connectivity index (χ1n) is 8.39. The van der Waals surface area contributed by atoms with Gasteiger partial charge in [-0.25, -0.2) is 4.98 Å². The summed E-state index contributed by atoms with van der Waals surface area (Å²) >= 11 is 0. The molecule has 27 heavy (non-hydrogen) atoms. The van der Waals surface area contributed by atoms with Crippen molar-refractivity contribution in [2.75, 3.05) is 23.0 Å². The number of nitrogens with two attached hydrogens (primary N) is 1. The Kier molecular flexibility index (Phi) is 5.58. The second kappa shape index (κ2) is 8.24. The van der Waals surface area contributed by atoms with Crippen LogP contribution in [0.3, 0.4) is 0 Å². The highest BCUT2D eigenvalue weighted by Crippen LogP contribution is 2.21. The maximum absolute atomic E-state index is 12.5. The van der Waals surface area contributed by atoms with Gasteiger partial charge in [-0.3, -0.25) is 9.78 Å². The quantitative estimate of drug-likeness (QED) is 0.494. The number of aliphatic hydroxyl groups is 1. The minimum absolute atomic E-state index is 0.0734. The topological polar surface area (TPSA) is 126 Å². The molecule has 1 amide bonds. The van der Waals surface area contributed by atoms with Crippen LogP contribution in [-0.2, 0) is 0 Å². The minimum atomic E-state index is -0.310. The zero-order valence-corrected chi connectivity index (χ0v) is 14.8. The normalized spacial score (nSPS) is 11.6. The van der Waals surface area contributed by atoms with Gasteiger partial charge in [0.25, 0.3) is 5.91 Å². The molecule has 8 nitrogen and oxygen atoms in total. The number of benzene rings is 1. The molecule has 0 bridgehead atoms. The number of carbonyl (C=O) groups excluding carboxylic acids is 1. The highest BCUT2D eigenvalue weighted by Gasteiger charge is 2.12. The first kappa shape index (κ1) is 18.3. The van der Waals surface area contributed by atoms with Crippen LogP contribution in [0.4, 0.5) is 17.5 Å². The summed E-state index contributed by atoms with van der Waals surface area (Å²) in [5.74, 6) is 0.334. The Bertz CT molecular complexity index is 915. The monoisotopic (exact) mass is 364 g/mol. The predicted molar refractivity (Wildman–Crippen MR) is 104 cm³/mol. The van der Waals surface area contributed by atoms with Crippen LogP contribution in [0.15, 0.2) is 54.9 Å². The van der Waals surface area contributed by atoms with Crippen molar-refractivity contribution in [2.24, 2.45) is 0 Å². The van der Waals surface area contributed by atoms with Crippen molar-refractivity contribution in [3.8, 4) is 11.3 Å². The van der Waals surface area contributed by atoms with Gasteiger partial charge in [0.05, 0.1) is 12.3 Å². The molecule has 0 aliphatic heterocycles. The van der Waals surface area contributed by atoms with Gasteiger partial charge in [0.2, 0.25) is 5.95 Å². The van der Waals surface area contributed by atoms with Gasteiger partial charge in [-0.15, -0.1) is 0 Å². The molecular weight excluding hydrogens is 344 g/mol. The Balaban J connectivity index is 1.91. The number of hydrogen-bond acceptors (Lipinski definition) is 7. The van der Waals surface area contributed by atoms with E-state index < -0.39 is 0 Å². The number of pyridine rings is 1. The summed E-state index contributed by atoms with van der Waals surface area (Å²) < 4.78 is 0. The second-order valence-electron chi connectivity index (χ2n) is 6.00. The molecule has 0 unspecified atom stereocenters. The Hall–Kier alpha value is -3.52. The van der Waals surface area contributed by atoms with Crippen LogP contribution in [0, 0.1) is 0 Å². The molecule has 0 radical (unpaired) electrons. The average molecular weight is 364 g/mol. The fraction of sp³-hybridized carbons (Fsp3) is 0.158. The van der Waals surface area contributed by atoms with Crippen molar-refractivity contribution in [3.05, 3.63) is 60.4 Å². The fourth-order valence-corrected chi connectivity index (χ4v) is 2.34. The van der Waals surface area contributed by atoms with Crippen molar-refractivity contribution in [2.45, 2.75) is 13.0 Å². The van der Waals surface area contributed by atoms with Gasteiger partial charge in [0.15, 0.2) is 0 Å². The molecule has 0 saturated heterocycles. The number of hydrogen-bond donors (Lipinski definition) is 4. The van der Waals surface area contributed by atoms with Crippen molar-refractivity contribution in [3.63, 3.8) is 0 Å². The van der Waals surface area contributed by atoms with E-state index in [1.54, 1.807) is 49.6 Å². The Morgan fingerprint density at radius 1 is 1.15 bits per heavy atom. The van der Waals surface area contributed by atoms with Crippen LogP contribution in [0.1, 0.15) is 17.3 Å². The minimum Gasteiger partial charge on any atom is -0.399 e. The molecule has 2 aromatic heterocycles. The number of nitrogen functional groups attached to an aromatic ring is 1. The fourth-order valence-electron chi connectivity index (χ4n) is 2.34. The van der Waals surface area contributed by atoms with Gasteiger partial charge in [0.1, 0.15) is 5.82 Å². The summed E-state index contributed by atoms with van der Waals surface area (Å²) in [6.07, 6.45) is 3.32. The van der Waals surface area contributed by atoms with E-state index in [1.807, 2.05) is 12.1 Å². The summed E-state index contributed by atoms with van der Waals surface area (Å²) in [7, 11) is 0. The SMILES string of the molecule is C[C@@H](CO)Nc1nc(NC(=O)c2ccc(N)cc2)cc(-c2ccncc2)n1.